The first kappa shape index (κ1) is 29.5. The summed E-state index contributed by atoms with van der Waals surface area (Å²) in [6.07, 6.45) is 0.550. The van der Waals surface area contributed by atoms with Gasteiger partial charge in [0.2, 0.25) is 5.78 Å². The summed E-state index contributed by atoms with van der Waals surface area (Å²) < 4.78 is 0. The average Bonchev–Trinajstić information content (AvgIpc) is 2.90. The molecule has 3 aliphatic rings. The van der Waals surface area contributed by atoms with E-state index in [9.17, 15) is 39.6 Å². The first-order valence-corrected chi connectivity index (χ1v) is 14.2. The minimum Gasteiger partial charge on any atom is -0.511 e. The number of Topliss-reactive ketones (excluding diaryl/α,β-unsaturated/α-hetero) is 4. The van der Waals surface area contributed by atoms with Crippen molar-refractivity contribution < 1.29 is 39.6 Å². The molecule has 5 rings (SSSR count). The number of carbonyl (C=O) groups is 4. The van der Waals surface area contributed by atoms with Crippen molar-refractivity contribution in [2.75, 3.05) is 0 Å². The summed E-state index contributed by atoms with van der Waals surface area (Å²) in [6.45, 7) is 9.85. The minimum atomic E-state index is -2.65. The molecule has 0 bridgehead atoms. The van der Waals surface area contributed by atoms with Crippen LogP contribution in [0.4, 0.5) is 0 Å². The highest BCUT2D eigenvalue weighted by molar-refractivity contribution is 6.25. The van der Waals surface area contributed by atoms with Crippen LogP contribution in [-0.4, -0.2) is 49.2 Å². The van der Waals surface area contributed by atoms with Crippen LogP contribution in [0.5, 0.6) is 5.75 Å². The molecule has 0 saturated heterocycles. The lowest BCUT2D eigenvalue weighted by Gasteiger charge is -2.59. The Bertz CT molecular complexity index is 1640. The molecule has 0 spiro atoms. The fraction of sp³-hybridized carbons (Fsp3) is 0.412. The fourth-order valence-corrected chi connectivity index (χ4v) is 8.04. The number of hydrogen-bond donors (Lipinski definition) is 4. The number of phenolic OH excluding ortho intramolecular Hbond substituents is 1. The van der Waals surface area contributed by atoms with E-state index in [2.05, 4.69) is 0 Å². The molecule has 2 aromatic rings. The van der Waals surface area contributed by atoms with Crippen molar-refractivity contribution in [2.24, 2.45) is 22.7 Å². The molecule has 0 heterocycles. The maximum absolute atomic E-state index is 14.2. The van der Waals surface area contributed by atoms with Gasteiger partial charge in [0.15, 0.2) is 23.0 Å². The summed E-state index contributed by atoms with van der Waals surface area (Å²) in [6, 6.07) is 10.1. The lowest BCUT2D eigenvalue weighted by molar-refractivity contribution is -0.171. The van der Waals surface area contributed by atoms with Crippen LogP contribution in [0.15, 0.2) is 59.1 Å². The van der Waals surface area contributed by atoms with Crippen molar-refractivity contribution in [2.45, 2.75) is 66.4 Å². The predicted molar refractivity (Wildman–Crippen MR) is 155 cm³/mol. The van der Waals surface area contributed by atoms with Crippen molar-refractivity contribution in [1.29, 1.82) is 0 Å². The zero-order valence-corrected chi connectivity index (χ0v) is 24.7. The molecule has 42 heavy (non-hydrogen) atoms. The second kappa shape index (κ2) is 9.49. The van der Waals surface area contributed by atoms with Gasteiger partial charge in [0, 0.05) is 34.3 Å². The lowest BCUT2D eigenvalue weighted by Crippen LogP contribution is -2.67. The summed E-state index contributed by atoms with van der Waals surface area (Å²) in [5.74, 6) is -5.42. The maximum Gasteiger partial charge on any atom is 0.209 e. The van der Waals surface area contributed by atoms with Gasteiger partial charge in [-0.05, 0) is 48.4 Å². The van der Waals surface area contributed by atoms with Crippen molar-refractivity contribution >= 4 is 23.1 Å². The van der Waals surface area contributed by atoms with E-state index >= 15 is 0 Å². The number of aliphatic hydroxyl groups is 3. The number of aliphatic hydroxyl groups excluding tert-OH is 2. The minimum absolute atomic E-state index is 0.00265. The Hall–Kier alpha value is -4.04. The third-order valence-corrected chi connectivity index (χ3v) is 9.73. The van der Waals surface area contributed by atoms with Crippen molar-refractivity contribution in [3.8, 4) is 16.9 Å². The Morgan fingerprint density at radius 3 is 2.17 bits per heavy atom. The van der Waals surface area contributed by atoms with E-state index in [4.69, 9.17) is 0 Å². The molecule has 0 saturated carbocycles. The van der Waals surface area contributed by atoms with E-state index < -0.39 is 56.8 Å². The van der Waals surface area contributed by atoms with Crippen molar-refractivity contribution in [3.63, 3.8) is 0 Å². The van der Waals surface area contributed by atoms with Crippen LogP contribution < -0.4 is 0 Å². The van der Waals surface area contributed by atoms with E-state index in [1.807, 2.05) is 0 Å². The molecule has 0 radical (unpaired) electrons. The van der Waals surface area contributed by atoms with Crippen molar-refractivity contribution in [3.05, 3.63) is 75.8 Å². The zero-order chi connectivity index (χ0) is 31.1. The number of benzene rings is 2. The summed E-state index contributed by atoms with van der Waals surface area (Å²) >= 11 is 0. The average molecular weight is 573 g/mol. The Balaban J connectivity index is 1.76. The maximum atomic E-state index is 14.2. The standard InChI is InChI=1S/C34H36O8/c1-7-22(36)19-10-8-18(9-11-19)20-12-13-23(37)25-21(20)14-32(5)15-33(6)26(16(2)3)28(38)24(17(4)35)30(40)34(33,42)31(41)27(32)29(25)39/h8-13,16,26,37-38,41-42H,7,14-15H2,1-6H3/t26?,32-,33-,34+/m1/s1. The van der Waals surface area contributed by atoms with Gasteiger partial charge >= 0.3 is 0 Å². The Morgan fingerprint density at radius 2 is 1.62 bits per heavy atom. The van der Waals surface area contributed by atoms with Gasteiger partial charge in [0.1, 0.15) is 22.8 Å². The SMILES string of the molecule is CCC(=O)c1ccc(-c2ccc(O)c3c2C[C@]2(C)C[C@]4(C)C(C(C)C)C(O)=C(C(C)=O)C(=O)[C@]4(O)C(O)=C2C3=O)cc1. The molecule has 3 aliphatic carbocycles. The van der Waals surface area contributed by atoms with Crippen LogP contribution in [-0.2, 0) is 16.0 Å². The summed E-state index contributed by atoms with van der Waals surface area (Å²) in [5.41, 5.74) is -3.56. The number of aromatic hydroxyl groups is 1. The Labute approximate surface area is 244 Å². The fourth-order valence-electron chi connectivity index (χ4n) is 8.04. The quantitative estimate of drug-likeness (QED) is 0.267. The monoisotopic (exact) mass is 572 g/mol. The van der Waals surface area contributed by atoms with E-state index in [-0.39, 0.29) is 41.4 Å². The van der Waals surface area contributed by atoms with Gasteiger partial charge in [-0.1, -0.05) is 65.0 Å². The molecule has 0 aromatic heterocycles. The molecule has 4 atom stereocenters. The number of rotatable bonds is 5. The Kier molecular flexibility index (Phi) is 6.66. The third-order valence-electron chi connectivity index (χ3n) is 9.73. The van der Waals surface area contributed by atoms with Crippen LogP contribution in [0.2, 0.25) is 0 Å². The van der Waals surface area contributed by atoms with Crippen LogP contribution in [0.25, 0.3) is 11.1 Å². The largest absolute Gasteiger partial charge is 0.511 e. The van der Waals surface area contributed by atoms with Crippen molar-refractivity contribution in [1.82, 2.24) is 0 Å². The number of fused-ring (bicyclic) bond motifs is 3. The number of allylic oxidation sites excluding steroid dienone is 2. The van der Waals surface area contributed by atoms with Gasteiger partial charge in [-0.15, -0.1) is 0 Å². The molecule has 1 unspecified atom stereocenters. The molecule has 0 fully saturated rings. The third kappa shape index (κ3) is 3.70. The highest BCUT2D eigenvalue weighted by Gasteiger charge is 2.71. The van der Waals surface area contributed by atoms with Gasteiger partial charge in [0.05, 0.1) is 5.56 Å². The van der Waals surface area contributed by atoms with Gasteiger partial charge in [-0.3, -0.25) is 19.2 Å². The molecule has 4 N–H and O–H groups in total. The summed E-state index contributed by atoms with van der Waals surface area (Å²) in [5, 5.41) is 46.1. The second-order valence-corrected chi connectivity index (χ2v) is 12.8. The topological polar surface area (TPSA) is 149 Å². The molecule has 8 heteroatoms. The lowest BCUT2D eigenvalue weighted by atomic mass is 9.44. The van der Waals surface area contributed by atoms with Crippen LogP contribution >= 0.6 is 0 Å². The van der Waals surface area contributed by atoms with E-state index in [0.29, 0.717) is 23.1 Å². The van der Waals surface area contributed by atoms with E-state index in [1.54, 1.807) is 65.0 Å². The molecule has 0 aliphatic heterocycles. The molecule has 2 aromatic carbocycles. The van der Waals surface area contributed by atoms with Crippen LogP contribution in [0, 0.1) is 22.7 Å². The summed E-state index contributed by atoms with van der Waals surface area (Å²) in [7, 11) is 0. The highest BCUT2D eigenvalue weighted by Crippen LogP contribution is 2.65. The highest BCUT2D eigenvalue weighted by atomic mass is 16.3. The van der Waals surface area contributed by atoms with Gasteiger partial charge < -0.3 is 20.4 Å². The van der Waals surface area contributed by atoms with Crippen LogP contribution in [0.1, 0.15) is 80.7 Å². The first-order chi connectivity index (χ1) is 19.5. The molecular weight excluding hydrogens is 536 g/mol. The molecular formula is C34H36O8. The number of hydrogen-bond acceptors (Lipinski definition) is 8. The Morgan fingerprint density at radius 1 is 1.00 bits per heavy atom. The van der Waals surface area contributed by atoms with E-state index in [1.165, 1.54) is 6.07 Å². The zero-order valence-electron chi connectivity index (χ0n) is 24.7. The molecule has 0 amide bonds. The predicted octanol–water partition coefficient (Wildman–Crippen LogP) is 5.61. The normalized spacial score (nSPS) is 28.9. The molecule has 220 valence electrons. The number of phenols is 1. The van der Waals surface area contributed by atoms with Gasteiger partial charge in [0.25, 0.3) is 0 Å². The van der Waals surface area contributed by atoms with Crippen LogP contribution in [0.3, 0.4) is 0 Å². The first-order valence-electron chi connectivity index (χ1n) is 14.2. The molecule has 8 nitrogen and oxygen atoms in total. The number of ketones is 4. The smallest absolute Gasteiger partial charge is 0.209 e. The summed E-state index contributed by atoms with van der Waals surface area (Å²) in [4.78, 5) is 52.7. The van der Waals surface area contributed by atoms with Gasteiger partial charge in [-0.25, -0.2) is 0 Å². The second-order valence-electron chi connectivity index (χ2n) is 12.8. The number of carbonyl (C=O) groups excluding carboxylic acids is 4. The van der Waals surface area contributed by atoms with Gasteiger partial charge in [-0.2, -0.15) is 0 Å². The van der Waals surface area contributed by atoms with E-state index in [0.717, 1.165) is 12.5 Å².